The molecular formula is C13H19N3O4. The van der Waals surface area contributed by atoms with Crippen molar-refractivity contribution < 1.29 is 19.2 Å². The van der Waals surface area contributed by atoms with Gasteiger partial charge in [-0.15, -0.1) is 0 Å². The summed E-state index contributed by atoms with van der Waals surface area (Å²) in [5.74, 6) is -0.117. The minimum absolute atomic E-state index is 0.0464. The lowest BCUT2D eigenvalue weighted by Crippen LogP contribution is -2.43. The number of carbonyl (C=O) groups is 2. The Balaban J connectivity index is 1.88. The van der Waals surface area contributed by atoms with Gasteiger partial charge in [-0.25, -0.2) is 0 Å². The number of carbonyl (C=O) groups excluding carboxylic acids is 1. The number of hydrogen-bond donors (Lipinski definition) is 2. The van der Waals surface area contributed by atoms with Gasteiger partial charge < -0.3 is 19.8 Å². The average Bonchev–Trinajstić information content (AvgIpc) is 2.84. The summed E-state index contributed by atoms with van der Waals surface area (Å²) in [7, 11) is 0. The molecule has 0 radical (unpaired) electrons. The second-order valence-electron chi connectivity index (χ2n) is 5.08. The molecule has 7 heteroatoms. The molecule has 0 saturated carbocycles. The number of aliphatic carboxylic acids is 1. The topological polar surface area (TPSA) is 95.7 Å². The van der Waals surface area contributed by atoms with Gasteiger partial charge in [0.15, 0.2) is 0 Å². The molecule has 1 aliphatic heterocycles. The van der Waals surface area contributed by atoms with E-state index in [1.807, 2.05) is 0 Å². The Bertz CT molecular complexity index is 486. The van der Waals surface area contributed by atoms with Gasteiger partial charge in [0.05, 0.1) is 12.7 Å². The van der Waals surface area contributed by atoms with Crippen molar-refractivity contribution in [3.63, 3.8) is 0 Å². The Hall–Kier alpha value is -1.89. The predicted octanol–water partition coefficient (Wildman–Crippen LogP) is 0.509. The molecule has 0 aromatic carbocycles. The summed E-state index contributed by atoms with van der Waals surface area (Å²) >= 11 is 0. The zero-order chi connectivity index (χ0) is 14.5. The Labute approximate surface area is 116 Å². The van der Waals surface area contributed by atoms with Gasteiger partial charge in [0, 0.05) is 19.6 Å². The summed E-state index contributed by atoms with van der Waals surface area (Å²) < 4.78 is 4.92. The average molecular weight is 281 g/mol. The highest BCUT2D eigenvalue weighted by molar-refractivity contribution is 5.94. The number of rotatable bonds is 5. The van der Waals surface area contributed by atoms with E-state index in [0.717, 1.165) is 19.4 Å². The van der Waals surface area contributed by atoms with Gasteiger partial charge in [0.2, 0.25) is 0 Å². The number of nitrogens with zero attached hydrogens (tertiary/aromatic N) is 2. The van der Waals surface area contributed by atoms with Crippen LogP contribution < -0.4 is 5.32 Å². The summed E-state index contributed by atoms with van der Waals surface area (Å²) in [6.45, 7) is 3.64. The summed E-state index contributed by atoms with van der Waals surface area (Å²) in [5.41, 5.74) is 0.504. The third kappa shape index (κ3) is 3.57. The highest BCUT2D eigenvalue weighted by Gasteiger charge is 2.26. The van der Waals surface area contributed by atoms with Gasteiger partial charge >= 0.3 is 5.97 Å². The van der Waals surface area contributed by atoms with E-state index in [4.69, 9.17) is 9.63 Å². The van der Waals surface area contributed by atoms with E-state index in [2.05, 4.69) is 10.5 Å². The fourth-order valence-electron chi connectivity index (χ4n) is 2.47. The second kappa shape index (κ2) is 6.51. The number of carboxylic acids is 1. The number of amides is 1. The largest absolute Gasteiger partial charge is 0.480 e. The van der Waals surface area contributed by atoms with Gasteiger partial charge in [-0.2, -0.15) is 0 Å². The molecule has 1 amide bonds. The summed E-state index contributed by atoms with van der Waals surface area (Å²) in [4.78, 5) is 24.6. The van der Waals surface area contributed by atoms with Crippen molar-refractivity contribution in [2.24, 2.45) is 5.92 Å². The van der Waals surface area contributed by atoms with Crippen LogP contribution in [-0.2, 0) is 4.79 Å². The van der Waals surface area contributed by atoms with E-state index in [-0.39, 0.29) is 18.4 Å². The molecule has 1 aromatic heterocycles. The molecule has 1 aliphatic rings. The lowest BCUT2D eigenvalue weighted by molar-refractivity contribution is -0.136. The van der Waals surface area contributed by atoms with Gasteiger partial charge in [-0.3, -0.25) is 9.59 Å². The summed E-state index contributed by atoms with van der Waals surface area (Å²) in [6.07, 6.45) is 3.37. The van der Waals surface area contributed by atoms with E-state index in [9.17, 15) is 9.59 Å². The van der Waals surface area contributed by atoms with Crippen LogP contribution in [-0.4, -0.2) is 53.2 Å². The standard InChI is InChI=1S/C13H19N3O4/c1-9-11(6-15-20-9)13(19)16-4-2-3-10(8-16)5-14-7-12(17)18/h6,10,14H,2-5,7-8H2,1H3,(H,17,18). The molecule has 0 spiro atoms. The van der Waals surface area contributed by atoms with Crippen LogP contribution in [0.2, 0.25) is 0 Å². The first-order valence-corrected chi connectivity index (χ1v) is 6.71. The second-order valence-corrected chi connectivity index (χ2v) is 5.08. The van der Waals surface area contributed by atoms with Crippen LogP contribution in [0, 0.1) is 12.8 Å². The molecule has 2 heterocycles. The first-order valence-electron chi connectivity index (χ1n) is 6.71. The zero-order valence-corrected chi connectivity index (χ0v) is 11.5. The van der Waals surface area contributed by atoms with Gasteiger partial charge in [-0.1, -0.05) is 5.16 Å². The van der Waals surface area contributed by atoms with Crippen molar-refractivity contribution >= 4 is 11.9 Å². The van der Waals surface area contributed by atoms with E-state index < -0.39 is 5.97 Å². The van der Waals surface area contributed by atoms with Crippen molar-refractivity contribution in [2.75, 3.05) is 26.2 Å². The van der Waals surface area contributed by atoms with Crippen molar-refractivity contribution in [3.05, 3.63) is 17.5 Å². The molecule has 2 N–H and O–H groups in total. The summed E-state index contributed by atoms with van der Waals surface area (Å²) in [5, 5.41) is 15.1. The van der Waals surface area contributed by atoms with Crippen LogP contribution in [0.3, 0.4) is 0 Å². The number of carboxylic acid groups (broad SMARTS) is 1. The molecular weight excluding hydrogens is 262 g/mol. The zero-order valence-electron chi connectivity index (χ0n) is 11.5. The summed E-state index contributed by atoms with van der Waals surface area (Å²) in [6, 6.07) is 0. The number of aryl methyl sites for hydroxylation is 1. The van der Waals surface area contributed by atoms with Gasteiger partial charge in [0.25, 0.3) is 5.91 Å². The fourth-order valence-corrected chi connectivity index (χ4v) is 2.47. The lowest BCUT2D eigenvalue weighted by Gasteiger charge is -2.32. The number of piperidine rings is 1. The van der Waals surface area contributed by atoms with E-state index in [1.54, 1.807) is 11.8 Å². The SMILES string of the molecule is Cc1oncc1C(=O)N1CCCC(CNCC(=O)O)C1. The number of aromatic nitrogens is 1. The smallest absolute Gasteiger partial charge is 0.317 e. The predicted molar refractivity (Wildman–Crippen MR) is 70.4 cm³/mol. The molecule has 1 fully saturated rings. The normalized spacial score (nSPS) is 19.1. The van der Waals surface area contributed by atoms with Crippen LogP contribution in [0.15, 0.2) is 10.7 Å². The quantitative estimate of drug-likeness (QED) is 0.816. The molecule has 1 saturated heterocycles. The Kier molecular flexibility index (Phi) is 4.73. The van der Waals surface area contributed by atoms with Gasteiger partial charge in [0.1, 0.15) is 11.3 Å². The van der Waals surface area contributed by atoms with Crippen LogP contribution in [0.4, 0.5) is 0 Å². The monoisotopic (exact) mass is 281 g/mol. The minimum Gasteiger partial charge on any atom is -0.480 e. The van der Waals surface area contributed by atoms with Crippen molar-refractivity contribution in [1.82, 2.24) is 15.4 Å². The molecule has 20 heavy (non-hydrogen) atoms. The molecule has 110 valence electrons. The first kappa shape index (κ1) is 14.5. The number of likely N-dealkylation sites (tertiary alicyclic amines) is 1. The molecule has 1 aromatic rings. The minimum atomic E-state index is -0.867. The van der Waals surface area contributed by atoms with E-state index in [1.165, 1.54) is 6.20 Å². The molecule has 0 aliphatic carbocycles. The fraction of sp³-hybridized carbons (Fsp3) is 0.615. The number of hydrogen-bond acceptors (Lipinski definition) is 5. The molecule has 7 nitrogen and oxygen atoms in total. The highest BCUT2D eigenvalue weighted by atomic mass is 16.5. The van der Waals surface area contributed by atoms with E-state index >= 15 is 0 Å². The maximum atomic E-state index is 12.3. The Morgan fingerprint density at radius 3 is 3.05 bits per heavy atom. The van der Waals surface area contributed by atoms with E-state index in [0.29, 0.717) is 24.4 Å². The molecule has 2 rings (SSSR count). The Morgan fingerprint density at radius 1 is 1.60 bits per heavy atom. The lowest BCUT2D eigenvalue weighted by atomic mass is 9.97. The Morgan fingerprint density at radius 2 is 2.40 bits per heavy atom. The van der Waals surface area contributed by atoms with Crippen LogP contribution >= 0.6 is 0 Å². The number of nitrogens with one attached hydrogen (secondary N) is 1. The van der Waals surface area contributed by atoms with Gasteiger partial charge in [-0.05, 0) is 25.7 Å². The third-order valence-electron chi connectivity index (χ3n) is 3.50. The molecule has 1 unspecified atom stereocenters. The van der Waals surface area contributed by atoms with Crippen LogP contribution in [0.25, 0.3) is 0 Å². The molecule has 0 bridgehead atoms. The van der Waals surface area contributed by atoms with Crippen molar-refractivity contribution in [2.45, 2.75) is 19.8 Å². The van der Waals surface area contributed by atoms with Crippen molar-refractivity contribution in [3.8, 4) is 0 Å². The maximum Gasteiger partial charge on any atom is 0.317 e. The molecule has 1 atom stereocenters. The third-order valence-corrected chi connectivity index (χ3v) is 3.50. The van der Waals surface area contributed by atoms with Crippen molar-refractivity contribution in [1.29, 1.82) is 0 Å². The van der Waals surface area contributed by atoms with Crippen LogP contribution in [0.5, 0.6) is 0 Å². The maximum absolute atomic E-state index is 12.3. The van der Waals surface area contributed by atoms with Crippen LogP contribution in [0.1, 0.15) is 29.0 Å². The first-order chi connectivity index (χ1) is 9.58. The highest BCUT2D eigenvalue weighted by Crippen LogP contribution is 2.19.